The first kappa shape index (κ1) is 15.9. The molecule has 0 unspecified atom stereocenters. The largest absolute Gasteiger partial charge is 0.352 e. The molecule has 5 nitrogen and oxygen atoms in total. The minimum absolute atomic E-state index is 0.215. The van der Waals surface area contributed by atoms with Gasteiger partial charge >= 0.3 is 0 Å². The minimum Gasteiger partial charge on any atom is -0.352 e. The normalized spacial score (nSPS) is 11.6. The monoisotopic (exact) mass is 327 g/mol. The Kier molecular flexibility index (Phi) is 4.61. The van der Waals surface area contributed by atoms with E-state index in [0.717, 1.165) is 11.3 Å². The van der Waals surface area contributed by atoms with Crippen molar-refractivity contribution in [3.05, 3.63) is 46.7 Å². The summed E-state index contributed by atoms with van der Waals surface area (Å²) in [5.74, 6) is 0. The van der Waals surface area contributed by atoms with Crippen LogP contribution in [-0.4, -0.2) is 20.0 Å². The highest BCUT2D eigenvalue weighted by atomic mass is 35.5. The van der Waals surface area contributed by atoms with Crippen LogP contribution in [0.25, 0.3) is 0 Å². The molecule has 0 amide bonds. The van der Waals surface area contributed by atoms with Crippen molar-refractivity contribution in [1.82, 2.24) is 9.88 Å². The van der Waals surface area contributed by atoms with E-state index in [1.54, 1.807) is 35.0 Å². The Bertz CT molecular complexity index is 754. The van der Waals surface area contributed by atoms with Crippen LogP contribution in [0.4, 0.5) is 5.69 Å². The molecule has 21 heavy (non-hydrogen) atoms. The number of hydrogen-bond donors (Lipinski definition) is 2. The fourth-order valence-corrected chi connectivity index (χ4v) is 3.50. The highest BCUT2D eigenvalue weighted by molar-refractivity contribution is 7.92. The maximum Gasteiger partial charge on any atom is 0.263 e. The molecule has 1 heterocycles. The van der Waals surface area contributed by atoms with Crippen molar-refractivity contribution in [3.63, 3.8) is 0 Å². The van der Waals surface area contributed by atoms with Gasteiger partial charge in [-0.05, 0) is 37.7 Å². The molecule has 7 heteroatoms. The average molecular weight is 328 g/mol. The third kappa shape index (κ3) is 3.58. The standard InChI is InChI=1S/C14H18ClN3O2S/c1-10-4-5-14(13(15)6-10)17-21(19,20)12-7-11(8-16-2)18(3)9-12/h4-7,9,16-17H,8H2,1-3H3. The second kappa shape index (κ2) is 6.09. The van der Waals surface area contributed by atoms with Gasteiger partial charge in [0.2, 0.25) is 0 Å². The minimum atomic E-state index is -3.65. The quantitative estimate of drug-likeness (QED) is 0.887. The summed E-state index contributed by atoms with van der Waals surface area (Å²) in [4.78, 5) is 0.215. The Morgan fingerprint density at radius 2 is 2.00 bits per heavy atom. The van der Waals surface area contributed by atoms with Crippen LogP contribution in [0.5, 0.6) is 0 Å². The Morgan fingerprint density at radius 3 is 2.62 bits per heavy atom. The molecular weight excluding hydrogens is 310 g/mol. The number of aromatic nitrogens is 1. The van der Waals surface area contributed by atoms with Crippen molar-refractivity contribution in [2.75, 3.05) is 11.8 Å². The molecule has 0 spiro atoms. The van der Waals surface area contributed by atoms with Gasteiger partial charge < -0.3 is 9.88 Å². The molecule has 0 saturated carbocycles. The summed E-state index contributed by atoms with van der Waals surface area (Å²) in [6, 6.07) is 6.82. The summed E-state index contributed by atoms with van der Waals surface area (Å²) < 4.78 is 29.1. The molecule has 2 aromatic rings. The SMILES string of the molecule is CNCc1cc(S(=O)(=O)Nc2ccc(C)cc2Cl)cn1C. The highest BCUT2D eigenvalue weighted by Crippen LogP contribution is 2.26. The fourth-order valence-electron chi connectivity index (χ4n) is 1.99. The van der Waals surface area contributed by atoms with Crippen molar-refractivity contribution in [2.45, 2.75) is 18.4 Å². The zero-order chi connectivity index (χ0) is 15.6. The van der Waals surface area contributed by atoms with Crippen LogP contribution in [-0.2, 0) is 23.6 Å². The summed E-state index contributed by atoms with van der Waals surface area (Å²) in [6.45, 7) is 2.49. The molecule has 114 valence electrons. The van der Waals surface area contributed by atoms with Crippen LogP contribution < -0.4 is 10.0 Å². The van der Waals surface area contributed by atoms with Crippen LogP contribution in [0, 0.1) is 6.92 Å². The van der Waals surface area contributed by atoms with Gasteiger partial charge in [-0.15, -0.1) is 0 Å². The van der Waals surface area contributed by atoms with Crippen molar-refractivity contribution in [3.8, 4) is 0 Å². The predicted octanol–water partition coefficient (Wildman–Crippen LogP) is 2.51. The number of anilines is 1. The molecule has 0 saturated heterocycles. The Morgan fingerprint density at radius 1 is 1.29 bits per heavy atom. The lowest BCUT2D eigenvalue weighted by Crippen LogP contribution is -2.12. The number of sulfonamides is 1. The number of nitrogens with one attached hydrogen (secondary N) is 2. The number of halogens is 1. The van der Waals surface area contributed by atoms with Crippen molar-refractivity contribution in [2.24, 2.45) is 7.05 Å². The van der Waals surface area contributed by atoms with Gasteiger partial charge in [-0.1, -0.05) is 17.7 Å². The van der Waals surface area contributed by atoms with Crippen LogP contribution >= 0.6 is 11.6 Å². The predicted molar refractivity (Wildman–Crippen MR) is 85.2 cm³/mol. The van der Waals surface area contributed by atoms with Gasteiger partial charge in [-0.25, -0.2) is 8.42 Å². The molecule has 1 aromatic heterocycles. The lowest BCUT2D eigenvalue weighted by Gasteiger charge is -2.08. The van der Waals surface area contributed by atoms with Gasteiger partial charge in [-0.2, -0.15) is 0 Å². The van der Waals surface area contributed by atoms with Crippen LogP contribution in [0.3, 0.4) is 0 Å². The average Bonchev–Trinajstić information content (AvgIpc) is 2.76. The van der Waals surface area contributed by atoms with Crippen LogP contribution in [0.1, 0.15) is 11.3 Å². The zero-order valence-electron chi connectivity index (χ0n) is 12.1. The number of hydrogen-bond acceptors (Lipinski definition) is 3. The molecule has 0 aliphatic rings. The molecule has 0 aliphatic carbocycles. The molecule has 0 aliphatic heterocycles. The van der Waals surface area contributed by atoms with Gasteiger partial charge in [0.15, 0.2) is 0 Å². The maximum atomic E-state index is 12.4. The van der Waals surface area contributed by atoms with Gasteiger partial charge in [0.05, 0.1) is 10.7 Å². The van der Waals surface area contributed by atoms with E-state index in [4.69, 9.17) is 11.6 Å². The Labute approximate surface area is 130 Å². The van der Waals surface area contributed by atoms with E-state index in [9.17, 15) is 8.42 Å². The van der Waals surface area contributed by atoms with E-state index in [1.165, 1.54) is 0 Å². The van der Waals surface area contributed by atoms with Gasteiger partial charge in [0.1, 0.15) is 4.90 Å². The zero-order valence-corrected chi connectivity index (χ0v) is 13.7. The number of nitrogens with zero attached hydrogens (tertiary/aromatic N) is 1. The lowest BCUT2D eigenvalue weighted by molar-refractivity contribution is 0.601. The van der Waals surface area contributed by atoms with Crippen molar-refractivity contribution < 1.29 is 8.42 Å². The summed E-state index contributed by atoms with van der Waals surface area (Å²) >= 11 is 6.07. The van der Waals surface area contributed by atoms with Crippen molar-refractivity contribution >= 4 is 27.3 Å². The molecule has 1 aromatic carbocycles. The lowest BCUT2D eigenvalue weighted by atomic mass is 10.2. The van der Waals surface area contributed by atoms with Gasteiger partial charge in [-0.3, -0.25) is 4.72 Å². The van der Waals surface area contributed by atoms with Crippen LogP contribution in [0.2, 0.25) is 5.02 Å². The highest BCUT2D eigenvalue weighted by Gasteiger charge is 2.18. The van der Waals surface area contributed by atoms with E-state index in [1.807, 2.05) is 21.0 Å². The number of aryl methyl sites for hydroxylation is 2. The molecule has 2 N–H and O–H groups in total. The van der Waals surface area contributed by atoms with Gasteiger partial charge in [0, 0.05) is 25.5 Å². The van der Waals surface area contributed by atoms with Gasteiger partial charge in [0.25, 0.3) is 10.0 Å². The second-order valence-corrected chi connectivity index (χ2v) is 6.99. The third-order valence-corrected chi connectivity index (χ3v) is 4.77. The summed E-state index contributed by atoms with van der Waals surface area (Å²) in [5.41, 5.74) is 2.23. The van der Waals surface area contributed by atoms with E-state index in [2.05, 4.69) is 10.0 Å². The molecule has 2 rings (SSSR count). The maximum absolute atomic E-state index is 12.4. The first-order valence-corrected chi connectivity index (χ1v) is 8.28. The van der Waals surface area contributed by atoms with E-state index >= 15 is 0 Å². The smallest absolute Gasteiger partial charge is 0.263 e. The third-order valence-electron chi connectivity index (χ3n) is 3.12. The molecule has 0 atom stereocenters. The summed E-state index contributed by atoms with van der Waals surface area (Å²) in [6.07, 6.45) is 1.58. The number of rotatable bonds is 5. The molecule has 0 radical (unpaired) electrons. The number of benzene rings is 1. The molecule has 0 fully saturated rings. The van der Waals surface area contributed by atoms with Crippen molar-refractivity contribution in [1.29, 1.82) is 0 Å². The molecular formula is C14H18ClN3O2S. The van der Waals surface area contributed by atoms with Crippen LogP contribution in [0.15, 0.2) is 35.4 Å². The first-order valence-electron chi connectivity index (χ1n) is 6.42. The fraction of sp³-hybridized carbons (Fsp3) is 0.286. The topological polar surface area (TPSA) is 63.1 Å². The van der Waals surface area contributed by atoms with E-state index in [-0.39, 0.29) is 4.90 Å². The van der Waals surface area contributed by atoms with E-state index in [0.29, 0.717) is 17.3 Å². The molecule has 0 bridgehead atoms. The van der Waals surface area contributed by atoms with E-state index < -0.39 is 10.0 Å². The summed E-state index contributed by atoms with van der Waals surface area (Å²) in [7, 11) is -0.0306. The summed E-state index contributed by atoms with van der Waals surface area (Å²) in [5, 5.41) is 3.38. The first-order chi connectivity index (χ1) is 9.83. The Balaban J connectivity index is 2.32. The Hall–Kier alpha value is -1.50. The second-order valence-electron chi connectivity index (χ2n) is 4.90.